The first-order valence-corrected chi connectivity index (χ1v) is 22.7. The van der Waals surface area contributed by atoms with Crippen LogP contribution in [0.4, 0.5) is 0 Å². The SMILES string of the molecule is CC(C)(C)Cc1[c-]cc(C(C)(C)C)cc1.CC(C)(C)Cc1c[c-]c(C(C)(C)C)cc1.CC(C)(C)Cc1ccc(C(C)(C)C)cn1.CC(C)(C)Cc1ccc(C(C)(C)C)nc1.[W].[W]. The molecule has 0 spiro atoms. The fraction of sp³-hybridized carbons (Fsp3) is 0.621. The molecule has 0 saturated heterocycles. The van der Waals surface area contributed by atoms with Gasteiger partial charge in [0.05, 0.1) is 0 Å². The minimum Gasteiger partial charge on any atom is -0.261 e. The first-order chi connectivity index (χ1) is 26.7. The van der Waals surface area contributed by atoms with Gasteiger partial charge >= 0.3 is 0 Å². The third kappa shape index (κ3) is 28.1. The molecule has 62 heavy (non-hydrogen) atoms. The van der Waals surface area contributed by atoms with Gasteiger partial charge in [0.1, 0.15) is 0 Å². The van der Waals surface area contributed by atoms with E-state index in [9.17, 15) is 0 Å². The average Bonchev–Trinajstić information content (AvgIpc) is 3.02. The second-order valence-corrected chi connectivity index (χ2v) is 26.3. The van der Waals surface area contributed by atoms with Crippen molar-refractivity contribution < 1.29 is 42.1 Å². The zero-order valence-electron chi connectivity index (χ0n) is 44.5. The molecule has 0 saturated carbocycles. The third-order valence-corrected chi connectivity index (χ3v) is 9.61. The zero-order chi connectivity index (χ0) is 46.8. The van der Waals surface area contributed by atoms with E-state index in [1.165, 1.54) is 44.8 Å². The monoisotopic (exact) mass is 1180 g/mol. The van der Waals surface area contributed by atoms with Crippen LogP contribution in [-0.2, 0) is 89.5 Å². The van der Waals surface area contributed by atoms with Crippen LogP contribution >= 0.6 is 0 Å². The van der Waals surface area contributed by atoms with Crippen molar-refractivity contribution in [3.63, 3.8) is 0 Å². The molecular weight excluding hydrogens is 1090 g/mol. The number of hydrogen-bond donors (Lipinski definition) is 0. The van der Waals surface area contributed by atoms with Crippen molar-refractivity contribution >= 4 is 0 Å². The van der Waals surface area contributed by atoms with Crippen LogP contribution in [0.15, 0.2) is 73.1 Å². The Hall–Kier alpha value is -1.88. The van der Waals surface area contributed by atoms with Crippen molar-refractivity contribution in [3.8, 4) is 0 Å². The van der Waals surface area contributed by atoms with Gasteiger partial charge in [0.25, 0.3) is 0 Å². The summed E-state index contributed by atoms with van der Waals surface area (Å²) >= 11 is 0. The summed E-state index contributed by atoms with van der Waals surface area (Å²) in [7, 11) is 0. The number of hydrogen-bond acceptors (Lipinski definition) is 2. The summed E-state index contributed by atoms with van der Waals surface area (Å²) in [5.41, 5.74) is 12.5. The minimum atomic E-state index is 0. The Bertz CT molecular complexity index is 1520. The van der Waals surface area contributed by atoms with Gasteiger partial charge in [-0.05, 0) is 75.0 Å². The topological polar surface area (TPSA) is 25.8 Å². The molecular formula is C58H92N2W2-2. The summed E-state index contributed by atoms with van der Waals surface area (Å²) < 4.78 is 0. The summed E-state index contributed by atoms with van der Waals surface area (Å²) in [6.45, 7) is 53.7. The van der Waals surface area contributed by atoms with Crippen LogP contribution in [0.1, 0.15) is 211 Å². The van der Waals surface area contributed by atoms with Crippen LogP contribution < -0.4 is 0 Å². The third-order valence-electron chi connectivity index (χ3n) is 9.61. The smallest absolute Gasteiger partial charge is 0.0457 e. The summed E-state index contributed by atoms with van der Waals surface area (Å²) in [6.07, 6.45) is 8.38. The van der Waals surface area contributed by atoms with Gasteiger partial charge in [-0.2, -0.15) is 70.8 Å². The van der Waals surface area contributed by atoms with E-state index in [1.807, 2.05) is 12.4 Å². The largest absolute Gasteiger partial charge is 0.261 e. The molecule has 0 amide bonds. The molecule has 0 unspecified atom stereocenters. The predicted octanol–water partition coefficient (Wildman–Crippen LogP) is 16.7. The number of aromatic nitrogens is 2. The molecule has 2 aromatic heterocycles. The van der Waals surface area contributed by atoms with E-state index < -0.39 is 0 Å². The van der Waals surface area contributed by atoms with Gasteiger partial charge in [0.2, 0.25) is 0 Å². The van der Waals surface area contributed by atoms with E-state index in [4.69, 9.17) is 0 Å². The molecule has 0 atom stereocenters. The molecule has 4 aromatic rings. The number of rotatable bonds is 4. The number of benzene rings is 2. The Morgan fingerprint density at radius 1 is 0.371 bits per heavy atom. The maximum Gasteiger partial charge on any atom is 0.0457 e. The molecule has 0 bridgehead atoms. The Morgan fingerprint density at radius 2 is 0.839 bits per heavy atom. The van der Waals surface area contributed by atoms with Crippen molar-refractivity contribution in [1.29, 1.82) is 0 Å². The first kappa shape index (κ1) is 62.2. The molecule has 4 rings (SSSR count). The molecule has 2 nitrogen and oxygen atoms in total. The van der Waals surface area contributed by atoms with E-state index in [0.29, 0.717) is 21.7 Å². The maximum atomic E-state index is 4.53. The number of pyridine rings is 2. The van der Waals surface area contributed by atoms with Crippen LogP contribution in [-0.4, -0.2) is 9.97 Å². The Morgan fingerprint density at radius 3 is 1.16 bits per heavy atom. The average molecular weight is 1190 g/mol. The van der Waals surface area contributed by atoms with Crippen molar-refractivity contribution in [3.05, 3.63) is 130 Å². The summed E-state index contributed by atoms with van der Waals surface area (Å²) in [5, 5.41) is 0. The van der Waals surface area contributed by atoms with E-state index in [1.54, 1.807) is 0 Å². The number of nitrogens with zero attached hydrogens (tertiary/aromatic N) is 2. The van der Waals surface area contributed by atoms with E-state index in [2.05, 4.69) is 249 Å². The molecule has 348 valence electrons. The maximum absolute atomic E-state index is 4.53. The molecule has 0 fully saturated rings. The van der Waals surface area contributed by atoms with E-state index in [0.717, 1.165) is 25.7 Å². The van der Waals surface area contributed by atoms with Crippen molar-refractivity contribution in [2.24, 2.45) is 21.7 Å². The summed E-state index contributed by atoms with van der Waals surface area (Å²) in [6, 6.07) is 28.7. The summed E-state index contributed by atoms with van der Waals surface area (Å²) in [4.78, 5) is 9.06. The Labute approximate surface area is 414 Å². The minimum absolute atomic E-state index is 0. The predicted molar refractivity (Wildman–Crippen MR) is 266 cm³/mol. The molecule has 0 aliphatic heterocycles. The van der Waals surface area contributed by atoms with Gasteiger partial charge in [0, 0.05) is 71.3 Å². The zero-order valence-corrected chi connectivity index (χ0v) is 50.3. The first-order valence-electron chi connectivity index (χ1n) is 22.7. The van der Waals surface area contributed by atoms with E-state index >= 15 is 0 Å². The van der Waals surface area contributed by atoms with Gasteiger partial charge < -0.3 is 0 Å². The van der Waals surface area contributed by atoms with Gasteiger partial charge in [-0.15, -0.1) is 0 Å². The molecule has 4 heteroatoms. The molecule has 0 aliphatic rings. The van der Waals surface area contributed by atoms with Crippen LogP contribution in [0.25, 0.3) is 0 Å². The van der Waals surface area contributed by atoms with Crippen LogP contribution in [0.2, 0.25) is 0 Å². The Balaban J connectivity index is 0. The Kier molecular flexibility index (Phi) is 24.7. The standard InChI is InChI=1S/2C15H23.2C14H23N.2W/c2*1-14(2,3)11-12-7-9-13(10-8-12)15(4,5)6;1-13(2,3)9-12-8-7-11(10-15-12)14(4,5)6;1-13(2,3)9-11-7-8-12(15-10-11)14(4,5)6;;/h7,9-10H,11H2,1-6H3;7-9H,11H2,1-6H3;2*7-8,10H,9H2,1-6H3;;/q2*-1;;;;. The van der Waals surface area contributed by atoms with Crippen molar-refractivity contribution in [2.75, 3.05) is 0 Å². The second-order valence-electron chi connectivity index (χ2n) is 26.3. The molecule has 0 aliphatic carbocycles. The normalized spacial score (nSPS) is 12.5. The second kappa shape index (κ2) is 24.6. The van der Waals surface area contributed by atoms with Gasteiger partial charge in [-0.25, -0.2) is 0 Å². The van der Waals surface area contributed by atoms with Gasteiger partial charge in [-0.1, -0.05) is 190 Å². The molecule has 0 radical (unpaired) electrons. The van der Waals surface area contributed by atoms with Crippen molar-refractivity contribution in [1.82, 2.24) is 9.97 Å². The molecule has 2 heterocycles. The quantitative estimate of drug-likeness (QED) is 0.190. The van der Waals surface area contributed by atoms with Gasteiger partial charge in [0.15, 0.2) is 0 Å². The fourth-order valence-corrected chi connectivity index (χ4v) is 6.35. The van der Waals surface area contributed by atoms with Crippen molar-refractivity contribution in [2.45, 2.75) is 214 Å². The van der Waals surface area contributed by atoms with Crippen LogP contribution in [0.3, 0.4) is 0 Å². The molecule has 2 aromatic carbocycles. The van der Waals surface area contributed by atoms with Crippen LogP contribution in [0, 0.1) is 33.8 Å². The van der Waals surface area contributed by atoms with E-state index in [-0.39, 0.29) is 63.8 Å². The summed E-state index contributed by atoms with van der Waals surface area (Å²) in [5.74, 6) is 0. The van der Waals surface area contributed by atoms with Gasteiger partial charge in [-0.3, -0.25) is 9.97 Å². The van der Waals surface area contributed by atoms with Crippen LogP contribution in [0.5, 0.6) is 0 Å². The molecule has 0 N–H and O–H groups in total. The fourth-order valence-electron chi connectivity index (χ4n) is 6.35.